The lowest BCUT2D eigenvalue weighted by Gasteiger charge is -2.48. The van der Waals surface area contributed by atoms with E-state index < -0.39 is 36.0 Å². The molecule has 1 aromatic rings. The largest absolute Gasteiger partial charge is 0.340 e. The lowest BCUT2D eigenvalue weighted by atomic mass is 9.81. The molecule has 4 rings (SSSR count). The number of carbonyl (C=O) groups excluding carboxylic acids is 3. The van der Waals surface area contributed by atoms with Crippen molar-refractivity contribution >= 4 is 35.0 Å². The maximum absolute atomic E-state index is 13.4. The zero-order valence-corrected chi connectivity index (χ0v) is 17.3. The highest BCUT2D eigenvalue weighted by molar-refractivity contribution is 6.31. The van der Waals surface area contributed by atoms with Gasteiger partial charge < -0.3 is 16.0 Å². The van der Waals surface area contributed by atoms with E-state index in [1.165, 1.54) is 12.1 Å². The van der Waals surface area contributed by atoms with Crippen molar-refractivity contribution in [2.24, 2.45) is 11.8 Å². The molecule has 0 aliphatic carbocycles. The smallest absolute Gasteiger partial charge is 0.229 e. The van der Waals surface area contributed by atoms with Gasteiger partial charge in [0.1, 0.15) is 12.1 Å². The molecule has 3 aliphatic heterocycles. The number of likely N-dealkylation sites (tertiary alicyclic amines) is 1. The van der Waals surface area contributed by atoms with E-state index in [9.17, 15) is 18.8 Å². The molecule has 8 nitrogen and oxygen atoms in total. The van der Waals surface area contributed by atoms with Crippen LogP contribution in [0.4, 0.5) is 10.1 Å². The SMILES string of the molecule is CC1CCCCN1C1NC(=O)C2C(NC(=O)CC2C(=O)Nc2ccc(F)c(Cl)c2)N1. The molecule has 0 radical (unpaired) electrons. The zero-order valence-electron chi connectivity index (χ0n) is 16.6. The third kappa shape index (κ3) is 4.14. The molecule has 3 fully saturated rings. The molecule has 1 aromatic carbocycles. The van der Waals surface area contributed by atoms with Crippen LogP contribution in [-0.2, 0) is 14.4 Å². The average molecular weight is 438 g/mol. The Morgan fingerprint density at radius 3 is 2.80 bits per heavy atom. The van der Waals surface area contributed by atoms with Crippen LogP contribution in [0.5, 0.6) is 0 Å². The van der Waals surface area contributed by atoms with Crippen LogP contribution >= 0.6 is 11.6 Å². The summed E-state index contributed by atoms with van der Waals surface area (Å²) in [5.74, 6) is -3.28. The minimum atomic E-state index is -0.861. The molecule has 0 bridgehead atoms. The fourth-order valence-corrected chi connectivity index (χ4v) is 4.73. The summed E-state index contributed by atoms with van der Waals surface area (Å²) in [6.45, 7) is 2.96. The normalized spacial score (nSPS) is 32.0. The van der Waals surface area contributed by atoms with Gasteiger partial charge in [0.25, 0.3) is 0 Å². The van der Waals surface area contributed by atoms with E-state index in [2.05, 4.69) is 33.1 Å². The average Bonchev–Trinajstić information content (AvgIpc) is 2.70. The van der Waals surface area contributed by atoms with Gasteiger partial charge in [-0.2, -0.15) is 0 Å². The number of nitrogens with one attached hydrogen (secondary N) is 4. The second kappa shape index (κ2) is 8.49. The van der Waals surface area contributed by atoms with E-state index in [-0.39, 0.29) is 23.3 Å². The zero-order chi connectivity index (χ0) is 21.4. The van der Waals surface area contributed by atoms with Crippen molar-refractivity contribution in [1.82, 2.24) is 20.9 Å². The number of benzene rings is 1. The molecule has 5 unspecified atom stereocenters. The van der Waals surface area contributed by atoms with Gasteiger partial charge in [-0.05, 0) is 38.0 Å². The van der Waals surface area contributed by atoms with E-state index in [0.29, 0.717) is 11.7 Å². The lowest BCUT2D eigenvalue weighted by molar-refractivity contribution is -0.148. The molecule has 0 spiro atoms. The van der Waals surface area contributed by atoms with E-state index in [4.69, 9.17) is 11.6 Å². The Kier molecular flexibility index (Phi) is 5.95. The van der Waals surface area contributed by atoms with Crippen LogP contribution in [-0.4, -0.2) is 47.7 Å². The summed E-state index contributed by atoms with van der Waals surface area (Å²) in [6.07, 6.45) is 2.08. The van der Waals surface area contributed by atoms with Crippen LogP contribution in [0, 0.1) is 17.7 Å². The summed E-state index contributed by atoms with van der Waals surface area (Å²) in [7, 11) is 0. The first-order valence-corrected chi connectivity index (χ1v) is 10.6. The van der Waals surface area contributed by atoms with Crippen molar-refractivity contribution in [3.05, 3.63) is 29.0 Å². The summed E-state index contributed by atoms with van der Waals surface area (Å²) in [4.78, 5) is 40.3. The van der Waals surface area contributed by atoms with Crippen molar-refractivity contribution in [2.75, 3.05) is 11.9 Å². The highest BCUT2D eigenvalue weighted by Gasteiger charge is 2.49. The van der Waals surface area contributed by atoms with Crippen molar-refractivity contribution in [1.29, 1.82) is 0 Å². The number of piperidine rings is 2. The van der Waals surface area contributed by atoms with Gasteiger partial charge in [0.2, 0.25) is 17.7 Å². The van der Waals surface area contributed by atoms with Gasteiger partial charge in [-0.15, -0.1) is 0 Å². The molecule has 0 aromatic heterocycles. The summed E-state index contributed by atoms with van der Waals surface area (Å²) >= 11 is 5.77. The molecule has 3 saturated heterocycles. The number of anilines is 1. The molecular weight excluding hydrogens is 413 g/mol. The highest BCUT2D eigenvalue weighted by Crippen LogP contribution is 2.30. The number of amides is 3. The van der Waals surface area contributed by atoms with Gasteiger partial charge in [0.15, 0.2) is 0 Å². The summed E-state index contributed by atoms with van der Waals surface area (Å²) < 4.78 is 13.4. The highest BCUT2D eigenvalue weighted by atomic mass is 35.5. The lowest BCUT2D eigenvalue weighted by Crippen LogP contribution is -2.75. The number of carbonyl (C=O) groups is 3. The van der Waals surface area contributed by atoms with Crippen LogP contribution in [0.15, 0.2) is 18.2 Å². The Labute approximate surface area is 178 Å². The Hall–Kier alpha value is -2.23. The van der Waals surface area contributed by atoms with Crippen LogP contribution in [0.25, 0.3) is 0 Å². The molecule has 3 heterocycles. The number of fused-ring (bicyclic) bond motifs is 1. The first kappa shape index (κ1) is 21.0. The second-order valence-electron chi connectivity index (χ2n) is 8.16. The minimum Gasteiger partial charge on any atom is -0.340 e. The van der Waals surface area contributed by atoms with Gasteiger partial charge in [-0.1, -0.05) is 18.0 Å². The monoisotopic (exact) mass is 437 g/mol. The van der Waals surface area contributed by atoms with Crippen molar-refractivity contribution in [3.8, 4) is 0 Å². The molecule has 5 atom stereocenters. The molecule has 4 N–H and O–H groups in total. The third-order valence-corrected chi connectivity index (χ3v) is 6.43. The molecular formula is C20H25ClFN5O3. The Morgan fingerprint density at radius 2 is 2.07 bits per heavy atom. The first-order valence-electron chi connectivity index (χ1n) is 10.2. The molecule has 162 valence electrons. The minimum absolute atomic E-state index is 0.109. The Bertz CT molecular complexity index is 869. The van der Waals surface area contributed by atoms with Crippen molar-refractivity contribution in [3.63, 3.8) is 0 Å². The van der Waals surface area contributed by atoms with Gasteiger partial charge in [-0.3, -0.25) is 24.6 Å². The van der Waals surface area contributed by atoms with Gasteiger partial charge in [0, 0.05) is 24.7 Å². The Balaban J connectivity index is 1.50. The number of hydrogen-bond donors (Lipinski definition) is 4. The molecule has 3 aliphatic rings. The van der Waals surface area contributed by atoms with Gasteiger partial charge in [-0.25, -0.2) is 4.39 Å². The summed E-state index contributed by atoms with van der Waals surface area (Å²) in [5, 5.41) is 11.6. The molecule has 10 heteroatoms. The summed E-state index contributed by atoms with van der Waals surface area (Å²) in [5.41, 5.74) is 0.304. The topological polar surface area (TPSA) is 103 Å². The fraction of sp³-hybridized carbons (Fsp3) is 0.550. The first-order chi connectivity index (χ1) is 14.3. The predicted octanol–water partition coefficient (Wildman–Crippen LogP) is 1.37. The number of halogens is 2. The van der Waals surface area contributed by atoms with Crippen molar-refractivity contribution < 1.29 is 18.8 Å². The quantitative estimate of drug-likeness (QED) is 0.572. The molecule has 0 saturated carbocycles. The standard InChI is InChI=1S/C20H25ClFN5O3/c1-10-4-2-3-7-27(10)20-25-17-16(19(30)26-20)12(9-15(28)24-17)18(29)23-11-5-6-14(22)13(21)8-11/h5-6,8,10,12,16-17,20,25H,2-4,7,9H2,1H3,(H,23,29)(H,24,28)(H,26,30). The van der Waals surface area contributed by atoms with Gasteiger partial charge >= 0.3 is 0 Å². The summed E-state index contributed by atoms with van der Waals surface area (Å²) in [6, 6.07) is 4.12. The maximum atomic E-state index is 13.4. The van der Waals surface area contributed by atoms with E-state index >= 15 is 0 Å². The van der Waals surface area contributed by atoms with Crippen LogP contribution in [0.2, 0.25) is 5.02 Å². The number of rotatable bonds is 3. The third-order valence-electron chi connectivity index (χ3n) is 6.14. The van der Waals surface area contributed by atoms with E-state index in [0.717, 1.165) is 31.9 Å². The number of nitrogens with zero attached hydrogens (tertiary/aromatic N) is 1. The number of hydrogen-bond acceptors (Lipinski definition) is 5. The molecule has 30 heavy (non-hydrogen) atoms. The molecule has 3 amide bonds. The van der Waals surface area contributed by atoms with Gasteiger partial charge in [0.05, 0.1) is 23.0 Å². The Morgan fingerprint density at radius 1 is 1.27 bits per heavy atom. The van der Waals surface area contributed by atoms with E-state index in [1.54, 1.807) is 0 Å². The van der Waals surface area contributed by atoms with Crippen LogP contribution < -0.4 is 21.3 Å². The van der Waals surface area contributed by atoms with Crippen LogP contribution in [0.1, 0.15) is 32.6 Å². The fourth-order valence-electron chi connectivity index (χ4n) is 4.55. The van der Waals surface area contributed by atoms with E-state index in [1.807, 2.05) is 0 Å². The maximum Gasteiger partial charge on any atom is 0.229 e. The van der Waals surface area contributed by atoms with Crippen LogP contribution in [0.3, 0.4) is 0 Å². The second-order valence-corrected chi connectivity index (χ2v) is 8.57. The van der Waals surface area contributed by atoms with Crippen molar-refractivity contribution in [2.45, 2.75) is 51.1 Å². The predicted molar refractivity (Wildman–Crippen MR) is 109 cm³/mol.